The second-order valence-corrected chi connectivity index (χ2v) is 9.87. The third kappa shape index (κ3) is 2.51. The fourth-order valence-electron chi connectivity index (χ4n) is 6.58. The maximum Gasteiger partial charge on any atom is 0.309 e. The van der Waals surface area contributed by atoms with Gasteiger partial charge in [-0.15, -0.1) is 0 Å². The van der Waals surface area contributed by atoms with Crippen LogP contribution < -0.4 is 0 Å². The average Bonchev–Trinajstić information content (AvgIpc) is 3.33. The van der Waals surface area contributed by atoms with Crippen LogP contribution in [0.2, 0.25) is 0 Å². The molecule has 150 valence electrons. The van der Waals surface area contributed by atoms with Crippen LogP contribution in [0.15, 0.2) is 23.3 Å². The molecule has 27 heavy (non-hydrogen) atoms. The van der Waals surface area contributed by atoms with Crippen LogP contribution in [-0.2, 0) is 9.53 Å². The molecule has 5 nitrogen and oxygen atoms in total. The number of carboxylic acid groups (broad SMARTS) is 1. The summed E-state index contributed by atoms with van der Waals surface area (Å²) in [6.07, 6.45) is 6.21. The van der Waals surface area contributed by atoms with Crippen molar-refractivity contribution in [3.05, 3.63) is 23.3 Å². The molecule has 1 aliphatic heterocycles. The number of ether oxygens (including phenoxy) is 1. The van der Waals surface area contributed by atoms with Gasteiger partial charge in [0.2, 0.25) is 0 Å². The monoisotopic (exact) mass is 376 g/mol. The number of carboxylic acids is 1. The molecule has 3 N–H and O–H groups in total. The van der Waals surface area contributed by atoms with E-state index in [-0.39, 0.29) is 23.4 Å². The molecule has 0 radical (unpaired) electrons. The summed E-state index contributed by atoms with van der Waals surface area (Å²) in [5.41, 5.74) is 0.430. The Bertz CT molecular complexity index is 726. The number of fused-ring (bicyclic) bond motifs is 2. The van der Waals surface area contributed by atoms with E-state index >= 15 is 0 Å². The predicted molar refractivity (Wildman–Crippen MR) is 101 cm³/mol. The van der Waals surface area contributed by atoms with Crippen LogP contribution in [0.1, 0.15) is 59.8 Å². The smallest absolute Gasteiger partial charge is 0.309 e. The van der Waals surface area contributed by atoms with E-state index in [0.29, 0.717) is 6.42 Å². The number of aliphatic carboxylic acids is 1. The summed E-state index contributed by atoms with van der Waals surface area (Å²) in [6, 6.07) is 0. The lowest BCUT2D eigenvalue weighted by molar-refractivity contribution is -0.163. The van der Waals surface area contributed by atoms with E-state index in [1.165, 1.54) is 5.57 Å². The Morgan fingerprint density at radius 1 is 1.22 bits per heavy atom. The van der Waals surface area contributed by atoms with Crippen molar-refractivity contribution >= 4 is 5.97 Å². The zero-order chi connectivity index (χ0) is 19.8. The summed E-state index contributed by atoms with van der Waals surface area (Å²) >= 11 is 0. The number of aliphatic hydroxyl groups is 2. The number of carbonyl (C=O) groups is 1. The van der Waals surface area contributed by atoms with Crippen molar-refractivity contribution in [3.63, 3.8) is 0 Å². The highest BCUT2D eigenvalue weighted by molar-refractivity contribution is 5.75. The van der Waals surface area contributed by atoms with Gasteiger partial charge in [0, 0.05) is 0 Å². The molecule has 1 saturated heterocycles. The third-order valence-electron chi connectivity index (χ3n) is 8.46. The Kier molecular flexibility index (Phi) is 4.20. The maximum absolute atomic E-state index is 12.1. The van der Waals surface area contributed by atoms with Crippen molar-refractivity contribution in [3.8, 4) is 0 Å². The van der Waals surface area contributed by atoms with Gasteiger partial charge >= 0.3 is 5.97 Å². The van der Waals surface area contributed by atoms with Gasteiger partial charge in [-0.05, 0) is 69.3 Å². The standard InChI is InChI=1S/C22H32O5/c1-12-6-7-15-20(3,8-5-9-21(15,4)19(25)26)14(12)11-22-16(23)10-13(2)17(24)18(22)27-22/h6,10,14-18,23-24H,5,7-9,11H2,1-4H3,(H,25,26)/t14-,15+,16+,17+,18+,20+,21+,22-/m0/s1. The zero-order valence-corrected chi connectivity index (χ0v) is 16.7. The van der Waals surface area contributed by atoms with E-state index in [1.807, 2.05) is 13.8 Å². The molecule has 4 aliphatic rings. The molecule has 0 aromatic rings. The van der Waals surface area contributed by atoms with Crippen molar-refractivity contribution in [2.75, 3.05) is 0 Å². The Hall–Kier alpha value is -1.17. The second-order valence-electron chi connectivity index (χ2n) is 9.87. The summed E-state index contributed by atoms with van der Waals surface area (Å²) in [6.45, 7) is 8.09. The maximum atomic E-state index is 12.1. The lowest BCUT2D eigenvalue weighted by Crippen LogP contribution is -2.54. The molecule has 0 aromatic heterocycles. The van der Waals surface area contributed by atoms with E-state index in [2.05, 4.69) is 19.9 Å². The highest BCUT2D eigenvalue weighted by Crippen LogP contribution is 2.63. The van der Waals surface area contributed by atoms with Crippen LogP contribution in [0, 0.1) is 22.7 Å². The van der Waals surface area contributed by atoms with E-state index in [9.17, 15) is 20.1 Å². The molecule has 0 aromatic carbocycles. The number of hydrogen-bond donors (Lipinski definition) is 3. The van der Waals surface area contributed by atoms with Crippen LogP contribution in [0.25, 0.3) is 0 Å². The van der Waals surface area contributed by atoms with Crippen molar-refractivity contribution in [1.29, 1.82) is 0 Å². The van der Waals surface area contributed by atoms with Gasteiger partial charge in [0.15, 0.2) is 0 Å². The minimum absolute atomic E-state index is 0.0708. The van der Waals surface area contributed by atoms with Gasteiger partial charge in [0.1, 0.15) is 23.9 Å². The average molecular weight is 376 g/mol. The normalized spacial score (nSPS) is 51.6. The van der Waals surface area contributed by atoms with Gasteiger partial charge in [-0.1, -0.05) is 31.1 Å². The minimum atomic E-state index is -0.735. The lowest BCUT2D eigenvalue weighted by atomic mass is 9.47. The highest BCUT2D eigenvalue weighted by Gasteiger charge is 2.68. The molecule has 2 fully saturated rings. The Morgan fingerprint density at radius 2 is 1.93 bits per heavy atom. The van der Waals surface area contributed by atoms with Gasteiger partial charge in [0.05, 0.1) is 5.41 Å². The number of allylic oxidation sites excluding steroid dienone is 2. The molecule has 5 heteroatoms. The first-order chi connectivity index (χ1) is 12.6. The molecule has 8 atom stereocenters. The van der Waals surface area contributed by atoms with Gasteiger partial charge in [-0.3, -0.25) is 4.79 Å². The molecule has 1 saturated carbocycles. The van der Waals surface area contributed by atoms with Crippen LogP contribution >= 0.6 is 0 Å². The molecule has 3 aliphatic carbocycles. The fraction of sp³-hybridized carbons (Fsp3) is 0.773. The third-order valence-corrected chi connectivity index (χ3v) is 8.46. The number of epoxide rings is 1. The summed E-state index contributed by atoms with van der Waals surface area (Å²) in [5.74, 6) is -0.481. The van der Waals surface area contributed by atoms with Gasteiger partial charge < -0.3 is 20.1 Å². The summed E-state index contributed by atoms with van der Waals surface area (Å²) in [5, 5.41) is 31.1. The summed E-state index contributed by atoms with van der Waals surface area (Å²) in [7, 11) is 0. The second kappa shape index (κ2) is 5.91. The number of aliphatic hydroxyl groups excluding tert-OH is 2. The fourth-order valence-corrected chi connectivity index (χ4v) is 6.58. The molecule has 0 bridgehead atoms. The van der Waals surface area contributed by atoms with E-state index in [4.69, 9.17) is 4.74 Å². The molecule has 0 unspecified atom stereocenters. The van der Waals surface area contributed by atoms with Gasteiger partial charge in [0.25, 0.3) is 0 Å². The van der Waals surface area contributed by atoms with Gasteiger partial charge in [-0.2, -0.15) is 0 Å². The minimum Gasteiger partial charge on any atom is -0.481 e. The van der Waals surface area contributed by atoms with Crippen LogP contribution in [0.3, 0.4) is 0 Å². The van der Waals surface area contributed by atoms with Crippen molar-refractivity contribution < 1.29 is 24.9 Å². The number of rotatable bonds is 3. The molecule has 1 heterocycles. The first kappa shape index (κ1) is 19.2. The van der Waals surface area contributed by atoms with E-state index in [1.54, 1.807) is 6.08 Å². The van der Waals surface area contributed by atoms with Gasteiger partial charge in [-0.25, -0.2) is 0 Å². The predicted octanol–water partition coefficient (Wildman–Crippen LogP) is 3.06. The first-order valence-corrected chi connectivity index (χ1v) is 10.2. The van der Waals surface area contributed by atoms with E-state index < -0.39 is 29.2 Å². The molecule has 0 amide bonds. The Labute approximate surface area is 161 Å². The van der Waals surface area contributed by atoms with Crippen LogP contribution in [0.4, 0.5) is 0 Å². The summed E-state index contributed by atoms with van der Waals surface area (Å²) in [4.78, 5) is 12.1. The van der Waals surface area contributed by atoms with Crippen molar-refractivity contribution in [1.82, 2.24) is 0 Å². The van der Waals surface area contributed by atoms with Crippen molar-refractivity contribution in [2.24, 2.45) is 22.7 Å². The molecule has 0 spiro atoms. The SMILES string of the molecule is CC1=C[C@@H](O)[C@]2(C[C@H]3C(C)=CC[C@@H]4[C@]3(C)CCC[C@@]4(C)C(=O)O)O[C@@H]2[C@@H]1O. The Balaban J connectivity index is 1.68. The van der Waals surface area contributed by atoms with E-state index in [0.717, 1.165) is 31.3 Å². The summed E-state index contributed by atoms with van der Waals surface area (Å²) < 4.78 is 5.94. The van der Waals surface area contributed by atoms with Crippen molar-refractivity contribution in [2.45, 2.75) is 83.7 Å². The molecular formula is C22H32O5. The molecule has 4 rings (SSSR count). The quantitative estimate of drug-likeness (QED) is 0.520. The first-order valence-electron chi connectivity index (χ1n) is 10.2. The Morgan fingerprint density at radius 3 is 2.59 bits per heavy atom. The largest absolute Gasteiger partial charge is 0.481 e. The zero-order valence-electron chi connectivity index (χ0n) is 16.7. The lowest BCUT2D eigenvalue weighted by Gasteiger charge is -2.56. The number of hydrogen-bond acceptors (Lipinski definition) is 4. The topological polar surface area (TPSA) is 90.3 Å². The van der Waals surface area contributed by atoms with Crippen LogP contribution in [0.5, 0.6) is 0 Å². The highest BCUT2D eigenvalue weighted by atomic mass is 16.6. The van der Waals surface area contributed by atoms with Crippen LogP contribution in [-0.4, -0.2) is 45.2 Å². The molecular weight excluding hydrogens is 344 g/mol.